The molecule has 0 atom stereocenters. The number of carbonyl (C=O) groups is 1. The highest BCUT2D eigenvalue weighted by Gasteiger charge is 2.19. The number of carboxylic acids is 1. The Morgan fingerprint density at radius 2 is 2.20 bits per heavy atom. The maximum absolute atomic E-state index is 10.9. The number of aliphatic carboxylic acids is 1. The van der Waals surface area contributed by atoms with Crippen LogP contribution in [0.1, 0.15) is 5.56 Å². The first kappa shape index (κ1) is 13.5. The molecule has 7 heteroatoms. The highest BCUT2D eigenvalue weighted by atomic mass is 16.6. The van der Waals surface area contributed by atoms with E-state index in [1.807, 2.05) is 0 Å². The third-order valence-corrected chi connectivity index (χ3v) is 2.69. The zero-order valence-corrected chi connectivity index (χ0v) is 10.4. The van der Waals surface area contributed by atoms with Gasteiger partial charge in [0.15, 0.2) is 0 Å². The molecule has 0 bridgehead atoms. The SMILES string of the molecule is COc1c([N+](=O)[O-])ccc2c(C=CC(=O)O)ccnc12. The zero-order valence-electron chi connectivity index (χ0n) is 10.4. The molecule has 0 radical (unpaired) electrons. The summed E-state index contributed by atoms with van der Waals surface area (Å²) >= 11 is 0. The molecule has 102 valence electrons. The number of hydrogen-bond acceptors (Lipinski definition) is 5. The van der Waals surface area contributed by atoms with Crippen LogP contribution >= 0.6 is 0 Å². The summed E-state index contributed by atoms with van der Waals surface area (Å²) in [7, 11) is 1.32. The summed E-state index contributed by atoms with van der Waals surface area (Å²) in [6, 6.07) is 4.44. The van der Waals surface area contributed by atoms with Crippen LogP contribution in [0.4, 0.5) is 5.69 Å². The summed E-state index contributed by atoms with van der Waals surface area (Å²) < 4.78 is 5.06. The zero-order chi connectivity index (χ0) is 14.7. The summed E-state index contributed by atoms with van der Waals surface area (Å²) in [6.07, 6.45) is 3.83. The van der Waals surface area contributed by atoms with E-state index in [1.54, 1.807) is 6.07 Å². The number of benzene rings is 1. The summed E-state index contributed by atoms with van der Waals surface area (Å²) in [5.74, 6) is -1.03. The predicted octanol–water partition coefficient (Wildman–Crippen LogP) is 2.25. The monoisotopic (exact) mass is 274 g/mol. The summed E-state index contributed by atoms with van der Waals surface area (Å²) in [4.78, 5) is 25.0. The van der Waals surface area contributed by atoms with Gasteiger partial charge in [0, 0.05) is 23.7 Å². The third kappa shape index (κ3) is 2.41. The number of nitrogens with zero attached hydrogens (tertiary/aromatic N) is 2. The molecule has 1 aromatic carbocycles. The van der Waals surface area contributed by atoms with Crippen molar-refractivity contribution in [1.29, 1.82) is 0 Å². The average Bonchev–Trinajstić information content (AvgIpc) is 2.43. The van der Waals surface area contributed by atoms with Gasteiger partial charge < -0.3 is 9.84 Å². The Morgan fingerprint density at radius 1 is 1.45 bits per heavy atom. The van der Waals surface area contributed by atoms with Crippen molar-refractivity contribution in [3.05, 3.63) is 46.1 Å². The first-order chi connectivity index (χ1) is 9.54. The second-order valence-corrected chi connectivity index (χ2v) is 3.84. The number of methoxy groups -OCH3 is 1. The van der Waals surface area contributed by atoms with Crippen molar-refractivity contribution >= 4 is 28.6 Å². The van der Waals surface area contributed by atoms with Crippen LogP contribution in [0.3, 0.4) is 0 Å². The molecule has 2 rings (SSSR count). The molecule has 0 saturated carbocycles. The number of pyridine rings is 1. The van der Waals surface area contributed by atoms with Crippen molar-refractivity contribution in [2.24, 2.45) is 0 Å². The molecule has 1 heterocycles. The van der Waals surface area contributed by atoms with E-state index in [9.17, 15) is 14.9 Å². The average molecular weight is 274 g/mol. The quantitative estimate of drug-likeness (QED) is 0.521. The Balaban J connectivity index is 2.72. The van der Waals surface area contributed by atoms with Gasteiger partial charge in [-0.15, -0.1) is 0 Å². The minimum atomic E-state index is -1.08. The topological polar surface area (TPSA) is 103 Å². The largest absolute Gasteiger partial charge is 0.489 e. The lowest BCUT2D eigenvalue weighted by Gasteiger charge is -2.07. The normalized spacial score (nSPS) is 10.8. The Morgan fingerprint density at radius 3 is 2.80 bits per heavy atom. The van der Waals surface area contributed by atoms with Gasteiger partial charge in [-0.2, -0.15) is 0 Å². The maximum atomic E-state index is 10.9. The Bertz CT molecular complexity index is 724. The van der Waals surface area contributed by atoms with Crippen molar-refractivity contribution in [3.8, 4) is 5.75 Å². The van der Waals surface area contributed by atoms with Crippen molar-refractivity contribution < 1.29 is 19.6 Å². The van der Waals surface area contributed by atoms with Gasteiger partial charge in [0.05, 0.1) is 12.0 Å². The minimum absolute atomic E-state index is 0.0538. The third-order valence-electron chi connectivity index (χ3n) is 2.69. The molecule has 1 aromatic heterocycles. The lowest BCUT2D eigenvalue weighted by molar-refractivity contribution is -0.385. The molecule has 0 unspecified atom stereocenters. The van der Waals surface area contributed by atoms with E-state index in [0.717, 1.165) is 6.08 Å². The van der Waals surface area contributed by atoms with E-state index >= 15 is 0 Å². The number of hydrogen-bond donors (Lipinski definition) is 1. The Hall–Kier alpha value is -2.96. The number of carboxylic acid groups (broad SMARTS) is 1. The number of ether oxygens (including phenoxy) is 1. The first-order valence-corrected chi connectivity index (χ1v) is 5.55. The standard InChI is InChI=1S/C13H10N2O5/c1-20-13-10(15(18)19)4-3-9-8(2-5-11(16)17)6-7-14-12(9)13/h2-7H,1H3,(H,16,17). The predicted molar refractivity (Wildman–Crippen MR) is 71.6 cm³/mol. The molecule has 0 saturated heterocycles. The lowest BCUT2D eigenvalue weighted by atomic mass is 10.1. The molecule has 0 fully saturated rings. The summed E-state index contributed by atoms with van der Waals surface area (Å²) in [6.45, 7) is 0. The Labute approximate surface area is 113 Å². The van der Waals surface area contributed by atoms with Gasteiger partial charge >= 0.3 is 11.7 Å². The van der Waals surface area contributed by atoms with Crippen molar-refractivity contribution in [2.45, 2.75) is 0 Å². The lowest BCUT2D eigenvalue weighted by Crippen LogP contribution is -1.96. The van der Waals surface area contributed by atoms with Crippen LogP contribution in [0.15, 0.2) is 30.5 Å². The van der Waals surface area contributed by atoms with Gasteiger partial charge in [0.1, 0.15) is 5.52 Å². The van der Waals surface area contributed by atoms with Gasteiger partial charge in [-0.1, -0.05) is 0 Å². The van der Waals surface area contributed by atoms with Gasteiger partial charge in [-0.3, -0.25) is 15.1 Å². The molecule has 0 spiro atoms. The number of nitro groups is 1. The fourth-order valence-corrected chi connectivity index (χ4v) is 1.85. The van der Waals surface area contributed by atoms with E-state index in [0.29, 0.717) is 16.5 Å². The second kappa shape index (κ2) is 5.35. The van der Waals surface area contributed by atoms with Crippen LogP contribution < -0.4 is 4.74 Å². The van der Waals surface area contributed by atoms with Gasteiger partial charge in [-0.25, -0.2) is 4.79 Å². The van der Waals surface area contributed by atoms with Crippen LogP contribution in [0, 0.1) is 10.1 Å². The van der Waals surface area contributed by atoms with E-state index in [4.69, 9.17) is 9.84 Å². The maximum Gasteiger partial charge on any atom is 0.328 e. The smallest absolute Gasteiger partial charge is 0.328 e. The second-order valence-electron chi connectivity index (χ2n) is 3.84. The molecule has 0 aliphatic carbocycles. The molecule has 7 nitrogen and oxygen atoms in total. The fraction of sp³-hybridized carbons (Fsp3) is 0.0769. The molecule has 1 N–H and O–H groups in total. The number of nitro benzene ring substituents is 1. The van der Waals surface area contributed by atoms with Crippen molar-refractivity contribution in [2.75, 3.05) is 7.11 Å². The van der Waals surface area contributed by atoms with E-state index < -0.39 is 10.9 Å². The first-order valence-electron chi connectivity index (χ1n) is 5.55. The molecule has 0 aliphatic rings. The number of aromatic nitrogens is 1. The van der Waals surface area contributed by atoms with Crippen molar-refractivity contribution in [1.82, 2.24) is 4.98 Å². The molecule has 2 aromatic rings. The summed E-state index contributed by atoms with van der Waals surface area (Å²) in [5.41, 5.74) is 0.715. The number of fused-ring (bicyclic) bond motifs is 1. The molecule has 20 heavy (non-hydrogen) atoms. The van der Waals surface area contributed by atoms with Crippen molar-refractivity contribution in [3.63, 3.8) is 0 Å². The van der Waals surface area contributed by atoms with Crippen LogP contribution in [-0.4, -0.2) is 28.1 Å². The highest BCUT2D eigenvalue weighted by Crippen LogP contribution is 2.35. The summed E-state index contributed by atoms with van der Waals surface area (Å²) in [5, 5.41) is 20.2. The van der Waals surface area contributed by atoms with E-state index in [1.165, 1.54) is 31.5 Å². The molecule has 0 aliphatic heterocycles. The van der Waals surface area contributed by atoms with Gasteiger partial charge in [-0.05, 0) is 23.8 Å². The van der Waals surface area contributed by atoms with Crippen LogP contribution in [0.5, 0.6) is 5.75 Å². The molecule has 0 amide bonds. The Kier molecular flexibility index (Phi) is 3.60. The molecular weight excluding hydrogens is 264 g/mol. The van der Waals surface area contributed by atoms with Crippen LogP contribution in [0.2, 0.25) is 0 Å². The van der Waals surface area contributed by atoms with E-state index in [-0.39, 0.29) is 11.4 Å². The highest BCUT2D eigenvalue weighted by molar-refractivity contribution is 5.96. The van der Waals surface area contributed by atoms with Crippen LogP contribution in [0.25, 0.3) is 17.0 Å². The van der Waals surface area contributed by atoms with E-state index in [2.05, 4.69) is 4.98 Å². The van der Waals surface area contributed by atoms with Gasteiger partial charge in [0.25, 0.3) is 0 Å². The van der Waals surface area contributed by atoms with Gasteiger partial charge in [0.2, 0.25) is 5.75 Å². The molecular formula is C13H10N2O5. The number of rotatable bonds is 4. The minimum Gasteiger partial charge on any atom is -0.489 e. The fourth-order valence-electron chi connectivity index (χ4n) is 1.85. The van der Waals surface area contributed by atoms with Crippen LogP contribution in [-0.2, 0) is 4.79 Å².